The van der Waals surface area contributed by atoms with Crippen molar-refractivity contribution in [1.29, 1.82) is 0 Å². The first-order chi connectivity index (χ1) is 14.1. The zero-order valence-corrected chi connectivity index (χ0v) is 16.7. The van der Waals surface area contributed by atoms with Gasteiger partial charge >= 0.3 is 0 Å². The molecule has 150 valence electrons. The molecule has 1 saturated heterocycles. The second-order valence-corrected chi connectivity index (χ2v) is 8.80. The summed E-state index contributed by atoms with van der Waals surface area (Å²) in [6, 6.07) is 10.6. The van der Waals surface area contributed by atoms with Gasteiger partial charge in [-0.1, -0.05) is 35.6 Å². The molecule has 0 bridgehead atoms. The fourth-order valence-electron chi connectivity index (χ4n) is 3.84. The highest BCUT2D eigenvalue weighted by Crippen LogP contribution is 2.40. The minimum Gasteiger partial charge on any atom is -0.345 e. The molecule has 1 aromatic heterocycles. The molecule has 4 nitrogen and oxygen atoms in total. The number of amides is 1. The number of anilines is 1. The molecule has 1 aliphatic heterocycles. The third-order valence-corrected chi connectivity index (χ3v) is 6.75. The minimum atomic E-state index is -0.635. The van der Waals surface area contributed by atoms with Crippen molar-refractivity contribution in [1.82, 2.24) is 9.88 Å². The fraction of sp³-hybridized carbons (Fsp3) is 0.364. The Labute approximate surface area is 171 Å². The van der Waals surface area contributed by atoms with Gasteiger partial charge < -0.3 is 9.80 Å². The summed E-state index contributed by atoms with van der Waals surface area (Å²) in [4.78, 5) is 20.9. The van der Waals surface area contributed by atoms with Crippen LogP contribution in [0.5, 0.6) is 0 Å². The lowest BCUT2D eigenvalue weighted by Gasteiger charge is -2.34. The molecule has 3 aromatic rings. The van der Waals surface area contributed by atoms with Gasteiger partial charge in [0.2, 0.25) is 5.91 Å². The van der Waals surface area contributed by atoms with Crippen LogP contribution < -0.4 is 4.90 Å². The monoisotopic (exact) mass is 413 g/mol. The molecule has 2 fully saturated rings. The van der Waals surface area contributed by atoms with E-state index in [1.807, 2.05) is 9.80 Å². The van der Waals surface area contributed by atoms with Crippen molar-refractivity contribution in [2.75, 3.05) is 31.1 Å². The Morgan fingerprint density at radius 2 is 1.79 bits per heavy atom. The van der Waals surface area contributed by atoms with Gasteiger partial charge in [0.05, 0.1) is 11.1 Å². The van der Waals surface area contributed by atoms with E-state index in [9.17, 15) is 13.6 Å². The molecule has 7 heteroatoms. The average molecular weight is 413 g/mol. The number of nitrogens with zero attached hydrogens (tertiary/aromatic N) is 3. The molecule has 0 radical (unpaired) electrons. The van der Waals surface area contributed by atoms with Gasteiger partial charge in [0, 0.05) is 32.2 Å². The maximum absolute atomic E-state index is 13.9. The van der Waals surface area contributed by atoms with E-state index in [1.54, 1.807) is 0 Å². The van der Waals surface area contributed by atoms with Crippen LogP contribution in [0.3, 0.4) is 0 Å². The molecule has 1 aliphatic carbocycles. The summed E-state index contributed by atoms with van der Waals surface area (Å²) >= 11 is 1.28. The summed E-state index contributed by atoms with van der Waals surface area (Å²) in [5, 5.41) is 0.673. The van der Waals surface area contributed by atoms with Crippen LogP contribution in [0.15, 0.2) is 36.4 Å². The fourth-order valence-corrected chi connectivity index (χ4v) is 4.90. The molecule has 0 unspecified atom stereocenters. The Bertz CT molecular complexity index is 1050. The van der Waals surface area contributed by atoms with Crippen molar-refractivity contribution in [2.24, 2.45) is 0 Å². The number of halogens is 2. The van der Waals surface area contributed by atoms with Crippen molar-refractivity contribution in [3.05, 3.63) is 59.2 Å². The number of piperazine rings is 1. The maximum Gasteiger partial charge on any atom is 0.227 e. The van der Waals surface area contributed by atoms with E-state index >= 15 is 0 Å². The third kappa shape index (κ3) is 3.83. The third-order valence-electron chi connectivity index (χ3n) is 5.69. The quantitative estimate of drug-likeness (QED) is 0.638. The van der Waals surface area contributed by atoms with E-state index in [-0.39, 0.29) is 11.4 Å². The Morgan fingerprint density at radius 1 is 1.07 bits per heavy atom. The Kier molecular flexibility index (Phi) is 4.70. The van der Waals surface area contributed by atoms with Crippen molar-refractivity contribution in [3.63, 3.8) is 0 Å². The van der Waals surface area contributed by atoms with Crippen molar-refractivity contribution in [2.45, 2.75) is 25.2 Å². The van der Waals surface area contributed by atoms with E-state index < -0.39 is 11.6 Å². The zero-order chi connectivity index (χ0) is 20.0. The highest BCUT2D eigenvalue weighted by Gasteiger charge is 2.25. The smallest absolute Gasteiger partial charge is 0.227 e. The highest BCUT2D eigenvalue weighted by molar-refractivity contribution is 7.22. The average Bonchev–Trinajstić information content (AvgIpc) is 3.48. The number of carbonyl (C=O) groups is 1. The molecule has 29 heavy (non-hydrogen) atoms. The first-order valence-corrected chi connectivity index (χ1v) is 10.8. The molecular weight excluding hydrogens is 392 g/mol. The maximum atomic E-state index is 13.9. The molecule has 5 rings (SSSR count). The van der Waals surface area contributed by atoms with E-state index in [0.717, 1.165) is 17.5 Å². The van der Waals surface area contributed by atoms with Gasteiger partial charge in [-0.05, 0) is 36.0 Å². The van der Waals surface area contributed by atoms with Crippen molar-refractivity contribution >= 4 is 32.6 Å². The summed E-state index contributed by atoms with van der Waals surface area (Å²) in [6.45, 7) is 2.48. The summed E-state index contributed by atoms with van der Waals surface area (Å²) in [6.07, 6.45) is 2.97. The van der Waals surface area contributed by atoms with Gasteiger partial charge in [-0.2, -0.15) is 0 Å². The SMILES string of the molecule is O=C(Cc1ccc(C2CC2)cc1)N1CCN(c2nc3c(F)cc(F)cc3s2)CC1. The van der Waals surface area contributed by atoms with Crippen LogP contribution in [0.25, 0.3) is 10.2 Å². The largest absolute Gasteiger partial charge is 0.345 e. The van der Waals surface area contributed by atoms with Gasteiger partial charge in [0.25, 0.3) is 0 Å². The van der Waals surface area contributed by atoms with Gasteiger partial charge in [0.15, 0.2) is 10.9 Å². The van der Waals surface area contributed by atoms with E-state index in [2.05, 4.69) is 29.2 Å². The zero-order valence-electron chi connectivity index (χ0n) is 15.9. The van der Waals surface area contributed by atoms with Crippen LogP contribution in [0.2, 0.25) is 0 Å². The molecule has 2 heterocycles. The first-order valence-electron chi connectivity index (χ1n) is 9.94. The Morgan fingerprint density at radius 3 is 2.48 bits per heavy atom. The second-order valence-electron chi connectivity index (χ2n) is 7.79. The predicted molar refractivity (Wildman–Crippen MR) is 110 cm³/mol. The van der Waals surface area contributed by atoms with Gasteiger partial charge in [0.1, 0.15) is 11.3 Å². The minimum absolute atomic E-state index is 0.126. The van der Waals surface area contributed by atoms with E-state index in [0.29, 0.717) is 42.4 Å². The number of thiazole rings is 1. The number of aromatic nitrogens is 1. The summed E-state index contributed by atoms with van der Waals surface area (Å²) < 4.78 is 27.8. The standard InChI is InChI=1S/C22H21F2N3OS/c23-17-12-18(24)21-19(13-17)29-22(25-21)27-9-7-26(8-10-27)20(28)11-14-1-3-15(4-2-14)16-5-6-16/h1-4,12-13,16H,5-11H2. The lowest BCUT2D eigenvalue weighted by molar-refractivity contribution is -0.130. The molecule has 1 saturated carbocycles. The second kappa shape index (κ2) is 7.37. The first kappa shape index (κ1) is 18.5. The summed E-state index contributed by atoms with van der Waals surface area (Å²) in [7, 11) is 0. The van der Waals surface area contributed by atoms with Gasteiger partial charge in [-0.15, -0.1) is 0 Å². The number of rotatable bonds is 4. The molecule has 0 N–H and O–H groups in total. The van der Waals surface area contributed by atoms with Crippen LogP contribution in [0, 0.1) is 11.6 Å². The topological polar surface area (TPSA) is 36.4 Å². The lowest BCUT2D eigenvalue weighted by atomic mass is 10.1. The van der Waals surface area contributed by atoms with Gasteiger partial charge in [-0.3, -0.25) is 4.79 Å². The van der Waals surface area contributed by atoms with Crippen LogP contribution in [-0.4, -0.2) is 42.0 Å². The summed E-state index contributed by atoms with van der Waals surface area (Å²) in [5.41, 5.74) is 2.63. The Balaban J connectivity index is 1.20. The number of benzene rings is 2. The molecule has 1 amide bonds. The highest BCUT2D eigenvalue weighted by atomic mass is 32.1. The van der Waals surface area contributed by atoms with Crippen LogP contribution in [-0.2, 0) is 11.2 Å². The van der Waals surface area contributed by atoms with Gasteiger partial charge in [-0.25, -0.2) is 13.8 Å². The molecule has 2 aliphatic rings. The van der Waals surface area contributed by atoms with E-state index in [1.165, 1.54) is 35.8 Å². The van der Waals surface area contributed by atoms with E-state index in [4.69, 9.17) is 0 Å². The Hall–Kier alpha value is -2.54. The van der Waals surface area contributed by atoms with Crippen LogP contribution in [0.1, 0.15) is 29.9 Å². The number of hydrogen-bond donors (Lipinski definition) is 0. The van der Waals surface area contributed by atoms with Crippen molar-refractivity contribution in [3.8, 4) is 0 Å². The number of carbonyl (C=O) groups excluding carboxylic acids is 1. The molecule has 2 aromatic carbocycles. The number of hydrogen-bond acceptors (Lipinski definition) is 4. The lowest BCUT2D eigenvalue weighted by Crippen LogP contribution is -2.49. The molecule has 0 spiro atoms. The normalized spacial score (nSPS) is 17.2. The molecular formula is C22H21F2N3OS. The van der Waals surface area contributed by atoms with Crippen molar-refractivity contribution < 1.29 is 13.6 Å². The molecule has 0 atom stereocenters. The predicted octanol–water partition coefficient (Wildman–Crippen LogP) is 4.34. The van der Waals surface area contributed by atoms with Crippen LogP contribution >= 0.6 is 11.3 Å². The number of fused-ring (bicyclic) bond motifs is 1. The van der Waals surface area contributed by atoms with Crippen LogP contribution in [0.4, 0.5) is 13.9 Å². The summed E-state index contributed by atoms with van der Waals surface area (Å²) in [5.74, 6) is -0.378.